The van der Waals surface area contributed by atoms with E-state index in [9.17, 15) is 4.79 Å². The molecule has 2 N–H and O–H groups in total. The van der Waals surface area contributed by atoms with E-state index >= 15 is 0 Å². The van der Waals surface area contributed by atoms with Crippen molar-refractivity contribution in [1.29, 1.82) is 0 Å². The van der Waals surface area contributed by atoms with E-state index in [4.69, 9.17) is 5.11 Å². The number of nitrogens with one attached hydrogen (secondary N) is 1. The van der Waals surface area contributed by atoms with E-state index in [1.165, 1.54) is 32.4 Å². The molecule has 0 aromatic heterocycles. The summed E-state index contributed by atoms with van der Waals surface area (Å²) in [6, 6.07) is 0.908. The number of carboxylic acid groups (broad SMARTS) is 1. The molecule has 0 unspecified atom stereocenters. The van der Waals surface area contributed by atoms with Crippen LogP contribution in [-0.2, 0) is 0 Å². The van der Waals surface area contributed by atoms with Crippen molar-refractivity contribution in [2.75, 3.05) is 13.1 Å². The summed E-state index contributed by atoms with van der Waals surface area (Å²) < 4.78 is 0. The smallest absolute Gasteiger partial charge is 0.404 e. The maximum atomic E-state index is 10.5. The van der Waals surface area contributed by atoms with Crippen LogP contribution in [0.5, 0.6) is 0 Å². The van der Waals surface area contributed by atoms with Gasteiger partial charge in [-0.25, -0.2) is 4.79 Å². The van der Waals surface area contributed by atoms with Gasteiger partial charge in [0.15, 0.2) is 0 Å². The Morgan fingerprint density at radius 2 is 1.69 bits per heavy atom. The number of piperidine rings is 1. The van der Waals surface area contributed by atoms with Gasteiger partial charge in [-0.15, -0.1) is 0 Å². The molecule has 1 aliphatic carbocycles. The van der Waals surface area contributed by atoms with E-state index in [0.29, 0.717) is 6.04 Å². The van der Waals surface area contributed by atoms with Crippen LogP contribution in [0, 0.1) is 0 Å². The average molecular weight is 226 g/mol. The summed E-state index contributed by atoms with van der Waals surface area (Å²) in [5.41, 5.74) is 0. The van der Waals surface area contributed by atoms with Gasteiger partial charge in [-0.3, -0.25) is 0 Å². The monoisotopic (exact) mass is 226 g/mol. The lowest BCUT2D eigenvalue weighted by Gasteiger charge is -2.38. The normalized spacial score (nSPS) is 32.2. The van der Waals surface area contributed by atoms with Gasteiger partial charge < -0.3 is 15.3 Å². The Morgan fingerprint density at radius 3 is 2.25 bits per heavy atom. The molecule has 4 heteroatoms. The highest BCUT2D eigenvalue weighted by Gasteiger charge is 2.27. The second-order valence-electron chi connectivity index (χ2n) is 5.05. The average Bonchev–Trinajstić information content (AvgIpc) is 2.30. The van der Waals surface area contributed by atoms with Crippen molar-refractivity contribution in [1.82, 2.24) is 10.2 Å². The van der Waals surface area contributed by atoms with E-state index in [1.54, 1.807) is 0 Å². The zero-order valence-corrected chi connectivity index (χ0v) is 9.82. The molecule has 1 saturated heterocycles. The van der Waals surface area contributed by atoms with Crippen molar-refractivity contribution in [3.63, 3.8) is 0 Å². The highest BCUT2D eigenvalue weighted by molar-refractivity contribution is 5.64. The predicted octanol–water partition coefficient (Wildman–Crippen LogP) is 2.05. The Bertz CT molecular complexity index is 231. The molecule has 1 aliphatic heterocycles. The Balaban J connectivity index is 1.73. The van der Waals surface area contributed by atoms with Gasteiger partial charge in [-0.2, -0.15) is 0 Å². The van der Waals surface area contributed by atoms with Crippen LogP contribution < -0.4 is 5.32 Å². The van der Waals surface area contributed by atoms with Gasteiger partial charge in [0, 0.05) is 12.1 Å². The number of nitrogens with zero attached hydrogens (tertiary/aromatic N) is 1. The fourth-order valence-electron chi connectivity index (χ4n) is 3.04. The topological polar surface area (TPSA) is 52.6 Å². The Labute approximate surface area is 97.0 Å². The largest absolute Gasteiger partial charge is 0.465 e. The molecule has 1 heterocycles. The van der Waals surface area contributed by atoms with Crippen LogP contribution in [0.15, 0.2) is 0 Å². The molecule has 0 radical (unpaired) electrons. The van der Waals surface area contributed by atoms with Gasteiger partial charge in [0.05, 0.1) is 0 Å². The Morgan fingerprint density at radius 1 is 1.06 bits per heavy atom. The van der Waals surface area contributed by atoms with Crippen molar-refractivity contribution in [3.8, 4) is 0 Å². The fraction of sp³-hybridized carbons (Fsp3) is 0.917. The molecule has 4 nitrogen and oxygen atoms in total. The van der Waals surface area contributed by atoms with Crippen LogP contribution in [0.3, 0.4) is 0 Å². The molecule has 0 atom stereocenters. The minimum absolute atomic E-state index is 0.193. The van der Waals surface area contributed by atoms with Gasteiger partial charge >= 0.3 is 6.09 Å². The first-order valence-electron chi connectivity index (χ1n) is 6.49. The van der Waals surface area contributed by atoms with Crippen molar-refractivity contribution >= 4 is 6.09 Å². The number of carbonyl (C=O) groups is 1. The molecule has 1 saturated carbocycles. The molecule has 0 bridgehead atoms. The summed E-state index contributed by atoms with van der Waals surface area (Å²) in [7, 11) is 0. The fourth-order valence-corrected chi connectivity index (χ4v) is 3.04. The van der Waals surface area contributed by atoms with E-state index in [2.05, 4.69) is 10.2 Å². The molecule has 2 fully saturated rings. The first-order chi connectivity index (χ1) is 7.75. The van der Waals surface area contributed by atoms with E-state index in [0.717, 1.165) is 25.7 Å². The van der Waals surface area contributed by atoms with Crippen LogP contribution in [0.25, 0.3) is 0 Å². The van der Waals surface area contributed by atoms with Crippen molar-refractivity contribution in [2.24, 2.45) is 0 Å². The van der Waals surface area contributed by atoms with Gasteiger partial charge in [0.2, 0.25) is 0 Å². The third-order valence-electron chi connectivity index (χ3n) is 3.93. The molecule has 16 heavy (non-hydrogen) atoms. The van der Waals surface area contributed by atoms with Crippen LogP contribution >= 0.6 is 0 Å². The summed E-state index contributed by atoms with van der Waals surface area (Å²) in [6.07, 6.45) is 7.52. The lowest BCUT2D eigenvalue weighted by molar-refractivity contribution is 0.119. The Kier molecular flexibility index (Phi) is 4.04. The minimum atomic E-state index is -0.874. The number of hydrogen-bond acceptors (Lipinski definition) is 2. The van der Waals surface area contributed by atoms with Gasteiger partial charge in [0.25, 0.3) is 0 Å². The van der Waals surface area contributed by atoms with E-state index < -0.39 is 6.09 Å². The van der Waals surface area contributed by atoms with Crippen molar-refractivity contribution < 1.29 is 9.90 Å². The summed E-state index contributed by atoms with van der Waals surface area (Å²) in [5.74, 6) is 0. The number of rotatable bonds is 2. The number of hydrogen-bond donors (Lipinski definition) is 2. The molecule has 0 spiro atoms. The molecule has 2 rings (SSSR count). The lowest BCUT2D eigenvalue weighted by atomic mass is 9.89. The van der Waals surface area contributed by atoms with Crippen LogP contribution in [0.2, 0.25) is 0 Å². The first-order valence-corrected chi connectivity index (χ1v) is 6.49. The summed E-state index contributed by atoms with van der Waals surface area (Å²) >= 11 is 0. The summed E-state index contributed by atoms with van der Waals surface area (Å²) in [6.45, 7) is 2.50. The number of amides is 1. The molecule has 2 aliphatic rings. The maximum Gasteiger partial charge on any atom is 0.404 e. The summed E-state index contributed by atoms with van der Waals surface area (Å²) in [5, 5.41) is 11.3. The SMILES string of the molecule is O=C(O)NC1CCC(N2CCCCC2)CC1. The number of likely N-dealkylation sites (tertiary alicyclic amines) is 1. The minimum Gasteiger partial charge on any atom is -0.465 e. The lowest BCUT2D eigenvalue weighted by Crippen LogP contribution is -2.45. The Hall–Kier alpha value is -0.770. The highest BCUT2D eigenvalue weighted by Crippen LogP contribution is 2.25. The van der Waals surface area contributed by atoms with Gasteiger partial charge in [-0.05, 0) is 51.6 Å². The molecular weight excluding hydrogens is 204 g/mol. The predicted molar refractivity (Wildman–Crippen MR) is 62.6 cm³/mol. The maximum absolute atomic E-state index is 10.5. The van der Waals surface area contributed by atoms with Crippen molar-refractivity contribution in [2.45, 2.75) is 57.0 Å². The van der Waals surface area contributed by atoms with Gasteiger partial charge in [-0.1, -0.05) is 6.42 Å². The van der Waals surface area contributed by atoms with E-state index in [1.807, 2.05) is 0 Å². The van der Waals surface area contributed by atoms with Crippen LogP contribution in [0.1, 0.15) is 44.9 Å². The standard InChI is InChI=1S/C12H22N2O2/c15-12(16)13-10-4-6-11(7-5-10)14-8-2-1-3-9-14/h10-11,13H,1-9H2,(H,15,16). The third-order valence-corrected chi connectivity index (χ3v) is 3.93. The zero-order valence-electron chi connectivity index (χ0n) is 9.82. The molecule has 1 amide bonds. The highest BCUT2D eigenvalue weighted by atomic mass is 16.4. The van der Waals surface area contributed by atoms with Crippen molar-refractivity contribution in [3.05, 3.63) is 0 Å². The molecular formula is C12H22N2O2. The molecule has 92 valence electrons. The summed E-state index contributed by atoms with van der Waals surface area (Å²) in [4.78, 5) is 13.1. The van der Waals surface area contributed by atoms with Gasteiger partial charge in [0.1, 0.15) is 0 Å². The van der Waals surface area contributed by atoms with Crippen LogP contribution in [0.4, 0.5) is 4.79 Å². The quantitative estimate of drug-likeness (QED) is 0.757. The first kappa shape index (κ1) is 11.7. The molecule has 0 aromatic rings. The van der Waals surface area contributed by atoms with Crippen LogP contribution in [-0.4, -0.2) is 41.3 Å². The van der Waals surface area contributed by atoms with E-state index in [-0.39, 0.29) is 6.04 Å². The second-order valence-corrected chi connectivity index (χ2v) is 5.05. The molecule has 0 aromatic carbocycles. The third kappa shape index (κ3) is 3.11. The zero-order chi connectivity index (χ0) is 11.4. The second kappa shape index (κ2) is 5.53.